The van der Waals surface area contributed by atoms with E-state index in [2.05, 4.69) is 6.92 Å². The van der Waals surface area contributed by atoms with E-state index in [4.69, 9.17) is 15.2 Å². The summed E-state index contributed by atoms with van der Waals surface area (Å²) in [5.74, 6) is -1.60. The summed E-state index contributed by atoms with van der Waals surface area (Å²) in [6, 6.07) is 6.06. The molecule has 3 aliphatic rings. The first-order valence-electron chi connectivity index (χ1n) is 13.7. The summed E-state index contributed by atoms with van der Waals surface area (Å²) < 4.78 is 12.0. The van der Waals surface area contributed by atoms with Gasteiger partial charge in [-0.2, -0.15) is 0 Å². The Morgan fingerprint density at radius 3 is 2.34 bits per heavy atom. The van der Waals surface area contributed by atoms with Crippen LogP contribution in [0.15, 0.2) is 24.3 Å². The number of fused-ring (bicyclic) bond motifs is 3. The summed E-state index contributed by atoms with van der Waals surface area (Å²) in [6.07, 6.45) is 2.57. The highest BCUT2D eigenvalue weighted by atomic mass is 16.5. The van der Waals surface area contributed by atoms with Crippen LogP contribution in [0, 0.1) is 5.92 Å². The predicted octanol–water partition coefficient (Wildman–Crippen LogP) is 3.59. The SMILES string of the molecule is CCCCOCC1Cc2c(O)c3c(c(O)c2C(C[C@H]2C[C@H](N)[C@H](O)[C@H](C)O2)C1)C(=O)c1ccccc1C3=O. The molecule has 0 saturated carbocycles. The first kappa shape index (κ1) is 26.8. The number of benzene rings is 2. The van der Waals surface area contributed by atoms with Gasteiger partial charge in [0.05, 0.1) is 29.4 Å². The first-order chi connectivity index (χ1) is 18.2. The van der Waals surface area contributed by atoms with Gasteiger partial charge in [-0.15, -0.1) is 0 Å². The van der Waals surface area contributed by atoms with Gasteiger partial charge >= 0.3 is 0 Å². The van der Waals surface area contributed by atoms with Crippen molar-refractivity contribution >= 4 is 11.6 Å². The zero-order chi connectivity index (χ0) is 27.1. The van der Waals surface area contributed by atoms with Crippen molar-refractivity contribution in [3.63, 3.8) is 0 Å². The van der Waals surface area contributed by atoms with Crippen LogP contribution in [0.1, 0.15) is 94.8 Å². The Morgan fingerprint density at radius 1 is 1.05 bits per heavy atom. The zero-order valence-corrected chi connectivity index (χ0v) is 22.0. The Kier molecular flexibility index (Phi) is 7.60. The average molecular weight is 524 g/mol. The number of carbonyl (C=O) groups excluding carboxylic acids is 2. The second-order valence-corrected chi connectivity index (χ2v) is 11.1. The van der Waals surface area contributed by atoms with Crippen molar-refractivity contribution in [1.82, 2.24) is 0 Å². The Balaban J connectivity index is 1.56. The molecule has 2 aromatic rings. The summed E-state index contributed by atoms with van der Waals surface area (Å²) in [6.45, 7) is 5.02. The van der Waals surface area contributed by atoms with E-state index in [0.29, 0.717) is 50.0 Å². The number of rotatable bonds is 7. The van der Waals surface area contributed by atoms with Crippen LogP contribution >= 0.6 is 0 Å². The molecular weight excluding hydrogens is 486 g/mol. The molecule has 2 aliphatic carbocycles. The Morgan fingerprint density at radius 2 is 1.71 bits per heavy atom. The molecule has 0 amide bonds. The molecule has 8 heteroatoms. The molecule has 0 radical (unpaired) electrons. The largest absolute Gasteiger partial charge is 0.507 e. The summed E-state index contributed by atoms with van der Waals surface area (Å²) >= 11 is 0. The first-order valence-corrected chi connectivity index (χ1v) is 13.7. The molecule has 2 unspecified atom stereocenters. The fourth-order valence-corrected chi connectivity index (χ4v) is 6.46. The lowest BCUT2D eigenvalue weighted by Gasteiger charge is -2.40. The van der Waals surface area contributed by atoms with E-state index in [0.717, 1.165) is 12.8 Å². The number of unbranched alkanes of at least 4 members (excludes halogenated alkanes) is 1. The third-order valence-corrected chi connectivity index (χ3v) is 8.38. The smallest absolute Gasteiger partial charge is 0.198 e. The number of aliphatic hydroxyl groups is 1. The van der Waals surface area contributed by atoms with E-state index in [9.17, 15) is 24.9 Å². The van der Waals surface area contributed by atoms with Crippen molar-refractivity contribution in [2.75, 3.05) is 13.2 Å². The highest BCUT2D eigenvalue weighted by molar-refractivity contribution is 6.30. The van der Waals surface area contributed by atoms with Crippen LogP contribution in [0.2, 0.25) is 0 Å². The highest BCUT2D eigenvalue weighted by Crippen LogP contribution is 2.51. The van der Waals surface area contributed by atoms with Crippen LogP contribution in [0.4, 0.5) is 0 Å². The molecule has 5 N–H and O–H groups in total. The Bertz CT molecular complexity index is 1230. The molecule has 1 fully saturated rings. The quantitative estimate of drug-likeness (QED) is 0.272. The van der Waals surface area contributed by atoms with E-state index < -0.39 is 29.8 Å². The van der Waals surface area contributed by atoms with Crippen LogP contribution in [-0.4, -0.2) is 64.5 Å². The molecule has 0 spiro atoms. The third-order valence-electron chi connectivity index (χ3n) is 8.38. The number of carbonyl (C=O) groups is 2. The Labute approximate surface area is 222 Å². The van der Waals surface area contributed by atoms with E-state index in [1.807, 2.05) is 0 Å². The van der Waals surface area contributed by atoms with Gasteiger partial charge in [0.2, 0.25) is 0 Å². The summed E-state index contributed by atoms with van der Waals surface area (Å²) in [4.78, 5) is 26.9. The van der Waals surface area contributed by atoms with Crippen molar-refractivity contribution in [3.05, 3.63) is 57.6 Å². The molecule has 2 aromatic carbocycles. The lowest BCUT2D eigenvalue weighted by Crippen LogP contribution is -2.51. The van der Waals surface area contributed by atoms with Gasteiger partial charge in [-0.1, -0.05) is 37.6 Å². The minimum atomic E-state index is -0.752. The zero-order valence-electron chi connectivity index (χ0n) is 22.0. The minimum absolute atomic E-state index is 0.0506. The summed E-state index contributed by atoms with van der Waals surface area (Å²) in [7, 11) is 0. The van der Waals surface area contributed by atoms with Crippen molar-refractivity contribution < 1.29 is 34.4 Å². The van der Waals surface area contributed by atoms with Crippen molar-refractivity contribution in [2.24, 2.45) is 11.7 Å². The van der Waals surface area contributed by atoms with Gasteiger partial charge in [0.15, 0.2) is 11.6 Å². The van der Waals surface area contributed by atoms with Gasteiger partial charge in [0.25, 0.3) is 0 Å². The standard InChI is InChI=1S/C30H37NO7/c1-3-4-9-37-14-16-10-17(12-18-13-22(31)26(32)15(2)38-18)23-21(11-16)29(35)24-25(30(23)36)28(34)20-8-6-5-7-19(20)27(24)33/h5-8,15-18,22,26,32,35-36H,3-4,9-14,31H2,1-2H3/t15-,16?,17?,18-,22-,26+/m0/s1. The van der Waals surface area contributed by atoms with Crippen LogP contribution in [0.25, 0.3) is 0 Å². The number of ketones is 2. The number of hydrogen-bond acceptors (Lipinski definition) is 8. The number of aromatic hydroxyl groups is 2. The second-order valence-electron chi connectivity index (χ2n) is 11.1. The van der Waals surface area contributed by atoms with Gasteiger partial charge in [-0.25, -0.2) is 0 Å². The normalized spacial score (nSPS) is 28.5. The van der Waals surface area contributed by atoms with Gasteiger partial charge < -0.3 is 30.5 Å². The van der Waals surface area contributed by atoms with E-state index in [1.54, 1.807) is 31.2 Å². The van der Waals surface area contributed by atoms with Gasteiger partial charge in [0, 0.05) is 41.5 Å². The number of nitrogens with two attached hydrogens (primary N) is 1. The maximum absolute atomic E-state index is 13.5. The van der Waals surface area contributed by atoms with E-state index in [1.165, 1.54) is 0 Å². The van der Waals surface area contributed by atoms with Gasteiger partial charge in [0.1, 0.15) is 11.5 Å². The number of ether oxygens (including phenoxy) is 2. The van der Waals surface area contributed by atoms with Crippen molar-refractivity contribution in [3.8, 4) is 11.5 Å². The van der Waals surface area contributed by atoms with Crippen LogP contribution in [0.5, 0.6) is 11.5 Å². The molecule has 1 saturated heterocycles. The molecule has 1 heterocycles. The van der Waals surface area contributed by atoms with Gasteiger partial charge in [-0.05, 0) is 50.9 Å². The molecule has 0 aromatic heterocycles. The van der Waals surface area contributed by atoms with E-state index in [-0.39, 0.29) is 51.7 Å². The molecular formula is C30H37NO7. The molecule has 204 valence electrons. The number of phenols is 2. The third kappa shape index (κ3) is 4.64. The van der Waals surface area contributed by atoms with Crippen LogP contribution < -0.4 is 5.73 Å². The maximum Gasteiger partial charge on any atom is 0.198 e. The number of aliphatic hydroxyl groups excluding tert-OH is 1. The lowest BCUT2D eigenvalue weighted by atomic mass is 9.70. The molecule has 8 nitrogen and oxygen atoms in total. The highest BCUT2D eigenvalue weighted by Gasteiger charge is 2.43. The molecule has 6 atom stereocenters. The fourth-order valence-electron chi connectivity index (χ4n) is 6.46. The minimum Gasteiger partial charge on any atom is -0.507 e. The van der Waals surface area contributed by atoms with Gasteiger partial charge in [-0.3, -0.25) is 9.59 Å². The molecule has 38 heavy (non-hydrogen) atoms. The monoisotopic (exact) mass is 523 g/mol. The van der Waals surface area contributed by atoms with Crippen LogP contribution in [-0.2, 0) is 15.9 Å². The fraction of sp³-hybridized carbons (Fsp3) is 0.533. The summed E-state index contributed by atoms with van der Waals surface area (Å²) in [5, 5.41) is 33.3. The van der Waals surface area contributed by atoms with Crippen LogP contribution in [0.3, 0.4) is 0 Å². The topological polar surface area (TPSA) is 139 Å². The molecule has 1 aliphatic heterocycles. The van der Waals surface area contributed by atoms with E-state index >= 15 is 0 Å². The summed E-state index contributed by atoms with van der Waals surface area (Å²) in [5.41, 5.74) is 7.38. The molecule has 0 bridgehead atoms. The van der Waals surface area contributed by atoms with Crippen molar-refractivity contribution in [2.45, 2.75) is 82.6 Å². The predicted molar refractivity (Wildman–Crippen MR) is 141 cm³/mol. The second kappa shape index (κ2) is 10.8. The maximum atomic E-state index is 13.5. The van der Waals surface area contributed by atoms with Crippen molar-refractivity contribution in [1.29, 1.82) is 0 Å². The lowest BCUT2D eigenvalue weighted by molar-refractivity contribution is -0.121. The number of hydrogen-bond donors (Lipinski definition) is 4. The number of phenolic OH excluding ortho intramolecular Hbond substituents is 2. The molecule has 5 rings (SSSR count). The Hall–Kier alpha value is -2.78. The average Bonchev–Trinajstić information content (AvgIpc) is 2.90.